The van der Waals surface area contributed by atoms with Gasteiger partial charge in [-0.2, -0.15) is 10.4 Å². The van der Waals surface area contributed by atoms with Crippen molar-refractivity contribution in [1.82, 2.24) is 19.7 Å². The maximum Gasteiger partial charge on any atom is 0.329 e. The number of nitrogens with one attached hydrogen (secondary N) is 1. The lowest BCUT2D eigenvalue weighted by molar-refractivity contribution is 0.219. The minimum atomic E-state index is -2.06. The molecule has 1 aliphatic rings. The lowest BCUT2D eigenvalue weighted by Gasteiger charge is -2.39. The molecule has 0 unspecified atom stereocenters. The number of nitriles is 1. The Morgan fingerprint density at radius 1 is 1.31 bits per heavy atom. The largest absolute Gasteiger partial charge is 0.416 e. The van der Waals surface area contributed by atoms with E-state index in [-0.39, 0.29) is 11.6 Å². The first-order chi connectivity index (χ1) is 19.7. The Kier molecular flexibility index (Phi) is 8.97. The van der Waals surface area contributed by atoms with Crippen LogP contribution in [0.25, 0.3) is 11.3 Å². The van der Waals surface area contributed by atoms with Gasteiger partial charge in [-0.15, -0.1) is 0 Å². The number of carbonyl (C=O) groups is 1. The first kappa shape index (κ1) is 31.4. The van der Waals surface area contributed by atoms with E-state index in [9.17, 15) is 15.2 Å². The Morgan fingerprint density at radius 2 is 2.05 bits per heavy atom. The predicted molar refractivity (Wildman–Crippen MR) is 169 cm³/mol. The molecule has 221 valence electrons. The number of aliphatic hydroxyl groups is 1. The fourth-order valence-corrected chi connectivity index (χ4v) is 6.00. The second-order valence-electron chi connectivity index (χ2n) is 13.2. The van der Waals surface area contributed by atoms with E-state index in [2.05, 4.69) is 82.2 Å². The fraction of sp³-hybridized carbons (Fsp3) is 0.500. The van der Waals surface area contributed by atoms with Crippen molar-refractivity contribution >= 4 is 39.4 Å². The quantitative estimate of drug-likeness (QED) is 0.235. The molecule has 12 heteroatoms. The Labute approximate surface area is 250 Å². The number of carbonyl (C=O) groups excluding carboxylic acids is 1. The maximum atomic E-state index is 11.6. The van der Waals surface area contributed by atoms with Gasteiger partial charge in [-0.05, 0) is 47.8 Å². The summed E-state index contributed by atoms with van der Waals surface area (Å²) < 4.78 is 8.49. The molecule has 0 saturated carbocycles. The third-order valence-electron chi connectivity index (χ3n) is 8.21. The first-order valence-corrected chi connectivity index (χ1v) is 17.2. The zero-order chi connectivity index (χ0) is 30.9. The molecule has 0 fully saturated rings. The average Bonchev–Trinajstić information content (AvgIpc) is 3.44. The van der Waals surface area contributed by atoms with Gasteiger partial charge in [0, 0.05) is 48.6 Å². The van der Waals surface area contributed by atoms with Gasteiger partial charge in [0.1, 0.15) is 18.1 Å². The van der Waals surface area contributed by atoms with Crippen LogP contribution in [0.2, 0.25) is 18.1 Å². The molecule has 1 aromatic carbocycles. The van der Waals surface area contributed by atoms with Crippen molar-refractivity contribution in [3.05, 3.63) is 47.3 Å². The first-order valence-electron chi connectivity index (χ1n) is 14.3. The number of fused-ring (bicyclic) bond motifs is 1. The van der Waals surface area contributed by atoms with Crippen molar-refractivity contribution in [2.24, 2.45) is 5.92 Å². The summed E-state index contributed by atoms with van der Waals surface area (Å²) >= 11 is 0. The van der Waals surface area contributed by atoms with E-state index < -0.39 is 13.7 Å². The minimum Gasteiger partial charge on any atom is -0.416 e. The molecular weight excluding hydrogens is 545 g/mol. The van der Waals surface area contributed by atoms with Gasteiger partial charge in [-0.3, -0.25) is 0 Å². The lowest BCUT2D eigenvalue weighted by Crippen LogP contribution is -2.46. The highest BCUT2D eigenvalue weighted by Gasteiger charge is 2.44. The highest BCUT2D eigenvalue weighted by molar-refractivity contribution is 6.74. The van der Waals surface area contributed by atoms with Crippen LogP contribution in [0.15, 0.2) is 30.5 Å². The molecule has 0 bridgehead atoms. The van der Waals surface area contributed by atoms with Crippen LogP contribution in [0, 0.1) is 17.2 Å². The molecule has 3 aromatic rings. The van der Waals surface area contributed by atoms with Crippen LogP contribution in [0.5, 0.6) is 0 Å². The van der Waals surface area contributed by atoms with E-state index in [0.717, 1.165) is 23.0 Å². The Bertz CT molecular complexity index is 1490. The summed E-state index contributed by atoms with van der Waals surface area (Å²) in [6, 6.07) is 9.81. The number of anilines is 3. The van der Waals surface area contributed by atoms with Crippen LogP contribution in [-0.4, -0.2) is 59.9 Å². The fourth-order valence-electron chi connectivity index (χ4n) is 4.88. The number of nitrogens with zero attached hydrogens (tertiary/aromatic N) is 6. The van der Waals surface area contributed by atoms with Gasteiger partial charge >= 0.3 is 7.41 Å². The zero-order valence-electron chi connectivity index (χ0n) is 25.9. The summed E-state index contributed by atoms with van der Waals surface area (Å²) in [6.07, 6.45) is 2.43. The normalized spacial score (nSPS) is 16.8. The molecule has 0 spiro atoms. The van der Waals surface area contributed by atoms with Gasteiger partial charge in [-0.1, -0.05) is 41.5 Å². The number of hydrogen-bond acceptors (Lipinski definition) is 9. The summed E-state index contributed by atoms with van der Waals surface area (Å²) in [7, 11) is -0.566. The predicted octanol–water partition coefficient (Wildman–Crippen LogP) is 5.01. The third kappa shape index (κ3) is 6.43. The van der Waals surface area contributed by atoms with Crippen LogP contribution in [0.3, 0.4) is 0 Å². The molecule has 0 aliphatic carbocycles. The second-order valence-corrected chi connectivity index (χ2v) is 18.0. The maximum absolute atomic E-state index is 11.6. The van der Waals surface area contributed by atoms with E-state index in [1.165, 1.54) is 7.41 Å². The summed E-state index contributed by atoms with van der Waals surface area (Å²) in [4.78, 5) is 22.6. The smallest absolute Gasteiger partial charge is 0.329 e. The Hall–Kier alpha value is -3.53. The minimum absolute atomic E-state index is 0.0475. The Morgan fingerprint density at radius 3 is 2.67 bits per heavy atom. The number of hydrogen-bond donors (Lipinski definition) is 2. The standard InChI is InChI=1S/C30H41BN7O3Si/c1-20(2)15-38-26(13-23(16-39)36-38)35-28-33-10-9-25(34-28)21-11-22(14-32)27-24(12-21)30(6,17-37(27)31-19-40)18-41-42(7,8)29(3,4)5/h9-13,19-20,39H,15-18H2,1-8H3,(H,33,34,35)/t30-/m1/s1. The van der Waals surface area contributed by atoms with Crippen LogP contribution >= 0.6 is 0 Å². The molecule has 1 aliphatic heterocycles. The van der Waals surface area contributed by atoms with E-state index in [4.69, 9.17) is 9.41 Å². The molecule has 4 rings (SSSR count). The van der Waals surface area contributed by atoms with E-state index in [1.807, 2.05) is 16.9 Å². The Balaban J connectivity index is 1.74. The van der Waals surface area contributed by atoms with E-state index in [1.54, 1.807) is 16.9 Å². The van der Waals surface area contributed by atoms with Crippen molar-refractivity contribution < 1.29 is 14.3 Å². The molecule has 0 amide bonds. The lowest BCUT2D eigenvalue weighted by atomic mass is 9.83. The molecule has 2 N–H and O–H groups in total. The summed E-state index contributed by atoms with van der Waals surface area (Å²) in [6.45, 7) is 18.9. The van der Waals surface area contributed by atoms with Crippen molar-refractivity contribution in [3.8, 4) is 17.3 Å². The molecular formula is C30H41BN7O3Si. The highest BCUT2D eigenvalue weighted by Crippen LogP contribution is 2.46. The molecule has 1 atom stereocenters. The highest BCUT2D eigenvalue weighted by atomic mass is 28.4. The number of aromatic nitrogens is 4. The van der Waals surface area contributed by atoms with Crippen molar-refractivity contribution in [2.45, 2.75) is 78.2 Å². The van der Waals surface area contributed by atoms with Crippen LogP contribution in [-0.2, 0) is 27.8 Å². The summed E-state index contributed by atoms with van der Waals surface area (Å²) in [5.41, 5.74) is 3.67. The van der Waals surface area contributed by atoms with Crippen molar-refractivity contribution in [1.29, 1.82) is 5.26 Å². The number of rotatable bonds is 11. The number of aliphatic hydroxyl groups excluding tert-OH is 1. The summed E-state index contributed by atoms with van der Waals surface area (Å²) in [5, 5.41) is 27.6. The third-order valence-corrected chi connectivity index (χ3v) is 12.7. The average molecular weight is 587 g/mol. The SMILES string of the molecule is CC(C)Cn1nc(CO)cc1Nc1nccc(-c2cc(C#N)c3c(c2)[C@@](C)(CO[Si](C)(C)C(C)(C)C)CN3[B]C=O)n1. The molecule has 1 radical (unpaired) electrons. The molecule has 2 aromatic heterocycles. The van der Waals surface area contributed by atoms with Gasteiger partial charge in [-0.25, -0.2) is 14.6 Å². The summed E-state index contributed by atoms with van der Waals surface area (Å²) in [5.74, 6) is 1.42. The molecule has 42 heavy (non-hydrogen) atoms. The molecule has 10 nitrogen and oxygen atoms in total. The topological polar surface area (TPSA) is 129 Å². The van der Waals surface area contributed by atoms with Crippen LogP contribution in [0.1, 0.15) is 58.4 Å². The molecule has 3 heterocycles. The van der Waals surface area contributed by atoms with Gasteiger partial charge in [0.2, 0.25) is 5.95 Å². The van der Waals surface area contributed by atoms with E-state index in [0.29, 0.717) is 54.3 Å². The zero-order valence-corrected chi connectivity index (χ0v) is 26.9. The van der Waals surface area contributed by atoms with Crippen LogP contribution in [0.4, 0.5) is 17.5 Å². The van der Waals surface area contributed by atoms with Gasteiger partial charge in [0.05, 0.1) is 23.6 Å². The van der Waals surface area contributed by atoms with Gasteiger partial charge in [0.25, 0.3) is 0 Å². The van der Waals surface area contributed by atoms with Gasteiger partial charge in [0.15, 0.2) is 8.32 Å². The second kappa shape index (κ2) is 12.0. The van der Waals surface area contributed by atoms with Gasteiger partial charge < -0.3 is 24.5 Å². The molecule has 0 saturated heterocycles. The van der Waals surface area contributed by atoms with Crippen molar-refractivity contribution in [3.63, 3.8) is 0 Å². The monoisotopic (exact) mass is 586 g/mol. The van der Waals surface area contributed by atoms with Crippen molar-refractivity contribution in [2.75, 3.05) is 23.3 Å². The van der Waals surface area contributed by atoms with E-state index >= 15 is 0 Å². The van der Waals surface area contributed by atoms with Crippen LogP contribution < -0.4 is 10.1 Å². The number of benzene rings is 1.